The van der Waals surface area contributed by atoms with Crippen molar-refractivity contribution in [2.75, 3.05) is 39.6 Å². The van der Waals surface area contributed by atoms with Crippen LogP contribution in [0.1, 0.15) is 452 Å². The second kappa shape index (κ2) is 76.4. The summed E-state index contributed by atoms with van der Waals surface area (Å²) in [5.74, 6) is -0.362. The maximum absolute atomic E-state index is 13.1. The van der Waals surface area contributed by atoms with Gasteiger partial charge in [-0.3, -0.25) is 37.3 Å². The number of hydrogen-bond acceptors (Lipinski definition) is 15. The number of hydrogen-bond donors (Lipinski definition) is 3. The van der Waals surface area contributed by atoms with Gasteiger partial charge in [0.05, 0.1) is 26.4 Å². The smallest absolute Gasteiger partial charge is 0.462 e. The maximum Gasteiger partial charge on any atom is 0.472 e. The van der Waals surface area contributed by atoms with E-state index in [2.05, 4.69) is 41.5 Å². The molecule has 0 spiro atoms. The zero-order valence-corrected chi connectivity index (χ0v) is 70.1. The van der Waals surface area contributed by atoms with Gasteiger partial charge >= 0.3 is 39.5 Å². The lowest BCUT2D eigenvalue weighted by atomic mass is 9.99. The lowest BCUT2D eigenvalue weighted by Crippen LogP contribution is -2.30. The van der Waals surface area contributed by atoms with Gasteiger partial charge in [0.15, 0.2) is 12.2 Å². The molecule has 17 nitrogen and oxygen atoms in total. The molecule has 104 heavy (non-hydrogen) atoms. The quantitative estimate of drug-likeness (QED) is 0.0222. The summed E-state index contributed by atoms with van der Waals surface area (Å²) in [5.41, 5.74) is 0. The molecular weight excluding hydrogens is 1350 g/mol. The molecule has 0 aromatic rings. The number of carbonyl (C=O) groups excluding carboxylic acids is 4. The normalized spacial score (nSPS) is 14.4. The van der Waals surface area contributed by atoms with Crippen molar-refractivity contribution in [1.82, 2.24) is 0 Å². The van der Waals surface area contributed by atoms with E-state index < -0.39 is 97.5 Å². The van der Waals surface area contributed by atoms with E-state index in [1.54, 1.807) is 0 Å². The molecule has 19 heteroatoms. The molecule has 0 rings (SSSR count). The van der Waals surface area contributed by atoms with Crippen LogP contribution in [0, 0.1) is 11.8 Å². The van der Waals surface area contributed by atoms with Crippen molar-refractivity contribution >= 4 is 39.5 Å². The highest BCUT2D eigenvalue weighted by Gasteiger charge is 2.30. The van der Waals surface area contributed by atoms with Crippen LogP contribution in [0.15, 0.2) is 0 Å². The minimum absolute atomic E-state index is 0.107. The van der Waals surface area contributed by atoms with E-state index in [1.807, 2.05) is 0 Å². The average molecular weight is 1520 g/mol. The Hall–Kier alpha value is -1.94. The lowest BCUT2D eigenvalue weighted by molar-refractivity contribution is -0.161. The van der Waals surface area contributed by atoms with Crippen LogP contribution in [0.3, 0.4) is 0 Å². The van der Waals surface area contributed by atoms with Gasteiger partial charge < -0.3 is 33.8 Å². The Morgan fingerprint density at radius 3 is 0.683 bits per heavy atom. The van der Waals surface area contributed by atoms with Crippen LogP contribution in [0.5, 0.6) is 0 Å². The van der Waals surface area contributed by atoms with Crippen molar-refractivity contribution in [3.8, 4) is 0 Å². The molecule has 0 saturated carbocycles. The second-order valence-corrected chi connectivity index (χ2v) is 34.0. The number of phosphoric ester groups is 2. The summed E-state index contributed by atoms with van der Waals surface area (Å²) in [6, 6.07) is 0. The highest BCUT2D eigenvalue weighted by atomic mass is 31.2. The second-order valence-electron chi connectivity index (χ2n) is 31.1. The Labute approximate surface area is 638 Å². The minimum Gasteiger partial charge on any atom is -0.462 e. The van der Waals surface area contributed by atoms with Crippen molar-refractivity contribution in [2.24, 2.45) is 11.8 Å². The standard InChI is InChI=1S/C85H166O17P2/c1-7-11-13-15-17-19-20-39-45-51-57-63-69-84(89)101-80(73-95-82(87)67-61-55-49-18-16-14-12-8-2)75-99-103(91,92)97-71-79(86)72-98-104(93,94)100-76-81(102-85(90)70-64-58-52-46-41-36-32-28-24-22-26-30-34-38-43-48-54-60-66-78(6)10-4)74-96-83(88)68-62-56-50-44-40-35-31-27-23-21-25-29-33-37-42-47-53-59-65-77(5)9-3/h77-81,86H,7-76H2,1-6H3,(H,91,92)(H,93,94)/t77?,78?,79-,80+,81+/m0/s1. The first kappa shape index (κ1) is 102. The van der Waals surface area contributed by atoms with E-state index in [0.717, 1.165) is 108 Å². The van der Waals surface area contributed by atoms with E-state index in [4.69, 9.17) is 37.0 Å². The average Bonchev–Trinajstić information content (AvgIpc) is 0.908. The fourth-order valence-electron chi connectivity index (χ4n) is 13.2. The Balaban J connectivity index is 5.16. The number of aliphatic hydroxyl groups is 1. The zero-order chi connectivity index (χ0) is 76.4. The molecule has 0 aliphatic carbocycles. The fourth-order valence-corrected chi connectivity index (χ4v) is 14.8. The summed E-state index contributed by atoms with van der Waals surface area (Å²) in [4.78, 5) is 73.0. The summed E-state index contributed by atoms with van der Waals surface area (Å²) in [7, 11) is -9.92. The molecule has 0 radical (unpaired) electrons. The number of rotatable bonds is 84. The molecular formula is C85H166O17P2. The SMILES string of the molecule is CCCCCCCCCCCCCCC(=O)O[C@H](COC(=O)CCCCCCCCCC)COP(=O)(O)OC[C@H](O)COP(=O)(O)OC[C@@H](COC(=O)CCCCCCCCCCCCCCCCCCCCC(C)CC)OC(=O)CCCCCCCCCCCCCCCCCCCCC(C)CC. The van der Waals surface area contributed by atoms with E-state index in [1.165, 1.54) is 263 Å². The van der Waals surface area contributed by atoms with Crippen LogP contribution in [0.2, 0.25) is 0 Å². The molecule has 0 aliphatic rings. The monoisotopic (exact) mass is 1520 g/mol. The van der Waals surface area contributed by atoms with Crippen molar-refractivity contribution in [1.29, 1.82) is 0 Å². The van der Waals surface area contributed by atoms with Crippen molar-refractivity contribution in [3.63, 3.8) is 0 Å². The summed E-state index contributed by atoms with van der Waals surface area (Å²) in [6.45, 7) is 9.76. The number of esters is 4. The molecule has 0 aliphatic heterocycles. The van der Waals surface area contributed by atoms with Crippen LogP contribution >= 0.6 is 15.6 Å². The van der Waals surface area contributed by atoms with Gasteiger partial charge in [0.1, 0.15) is 19.3 Å². The number of carbonyl (C=O) groups is 4. The minimum atomic E-state index is -4.96. The fraction of sp³-hybridized carbons (Fsp3) is 0.953. The molecule has 0 aromatic heterocycles. The van der Waals surface area contributed by atoms with Gasteiger partial charge in [-0.05, 0) is 37.5 Å². The van der Waals surface area contributed by atoms with Gasteiger partial charge in [0.25, 0.3) is 0 Å². The van der Waals surface area contributed by atoms with Gasteiger partial charge in [-0.2, -0.15) is 0 Å². The van der Waals surface area contributed by atoms with Gasteiger partial charge in [-0.1, -0.05) is 401 Å². The number of ether oxygens (including phenoxy) is 4. The third-order valence-electron chi connectivity index (χ3n) is 20.7. The number of aliphatic hydroxyl groups excluding tert-OH is 1. The van der Waals surface area contributed by atoms with Crippen LogP contribution < -0.4 is 0 Å². The molecule has 0 amide bonds. The Morgan fingerprint density at radius 1 is 0.269 bits per heavy atom. The van der Waals surface area contributed by atoms with Crippen LogP contribution in [-0.4, -0.2) is 96.7 Å². The maximum atomic E-state index is 13.1. The Kier molecular flexibility index (Phi) is 75.0. The van der Waals surface area contributed by atoms with E-state index in [0.29, 0.717) is 25.7 Å². The van der Waals surface area contributed by atoms with E-state index in [-0.39, 0.29) is 25.7 Å². The Bertz CT molecular complexity index is 2000. The number of unbranched alkanes of at least 4 members (excludes halogenated alkanes) is 52. The summed E-state index contributed by atoms with van der Waals surface area (Å²) >= 11 is 0. The van der Waals surface area contributed by atoms with Crippen LogP contribution in [0.4, 0.5) is 0 Å². The molecule has 0 heterocycles. The summed E-state index contributed by atoms with van der Waals surface area (Å²) in [5, 5.41) is 10.6. The van der Waals surface area contributed by atoms with E-state index >= 15 is 0 Å². The largest absolute Gasteiger partial charge is 0.472 e. The van der Waals surface area contributed by atoms with Gasteiger partial charge in [-0.15, -0.1) is 0 Å². The predicted molar refractivity (Wildman–Crippen MR) is 428 cm³/mol. The molecule has 0 fully saturated rings. The third-order valence-corrected chi connectivity index (χ3v) is 22.6. The third kappa shape index (κ3) is 75.5. The molecule has 0 bridgehead atoms. The number of phosphoric acid groups is 2. The highest BCUT2D eigenvalue weighted by molar-refractivity contribution is 7.47. The first-order chi connectivity index (χ1) is 50.4. The first-order valence-electron chi connectivity index (χ1n) is 44.1. The van der Waals surface area contributed by atoms with Crippen molar-refractivity contribution in [2.45, 2.75) is 471 Å². The first-order valence-corrected chi connectivity index (χ1v) is 47.1. The zero-order valence-electron chi connectivity index (χ0n) is 68.3. The van der Waals surface area contributed by atoms with Crippen LogP contribution in [-0.2, 0) is 65.4 Å². The highest BCUT2D eigenvalue weighted by Crippen LogP contribution is 2.45. The molecule has 7 atom stereocenters. The molecule has 4 unspecified atom stereocenters. The van der Waals surface area contributed by atoms with E-state index in [9.17, 15) is 43.2 Å². The van der Waals surface area contributed by atoms with Crippen molar-refractivity contribution < 1.29 is 80.2 Å². The topological polar surface area (TPSA) is 237 Å². The van der Waals surface area contributed by atoms with Crippen molar-refractivity contribution in [3.05, 3.63) is 0 Å². The Morgan fingerprint density at radius 2 is 0.462 bits per heavy atom. The van der Waals surface area contributed by atoms with Gasteiger partial charge in [0.2, 0.25) is 0 Å². The van der Waals surface area contributed by atoms with Gasteiger partial charge in [-0.25, -0.2) is 9.13 Å². The summed E-state index contributed by atoms with van der Waals surface area (Å²) < 4.78 is 68.7. The molecule has 3 N–H and O–H groups in total. The molecule has 0 saturated heterocycles. The van der Waals surface area contributed by atoms with Crippen LogP contribution in [0.25, 0.3) is 0 Å². The summed E-state index contributed by atoms with van der Waals surface area (Å²) in [6.07, 6.45) is 68.1. The van der Waals surface area contributed by atoms with Gasteiger partial charge in [0, 0.05) is 25.7 Å². The molecule has 0 aromatic carbocycles. The molecule has 618 valence electrons. The predicted octanol–water partition coefficient (Wildman–Crippen LogP) is 25.8. The lowest BCUT2D eigenvalue weighted by Gasteiger charge is -2.21.